The van der Waals surface area contributed by atoms with Gasteiger partial charge in [0.25, 0.3) is 0 Å². The van der Waals surface area contributed by atoms with Crippen LogP contribution in [0.4, 0.5) is 4.39 Å². The van der Waals surface area contributed by atoms with Crippen LogP contribution in [0, 0.1) is 5.82 Å². The van der Waals surface area contributed by atoms with Gasteiger partial charge in [0.05, 0.1) is 6.04 Å². The molecule has 96 valence electrons. The molecule has 1 unspecified atom stereocenters. The first-order valence-corrected chi connectivity index (χ1v) is 5.90. The Bertz CT molecular complexity index is 499. The van der Waals surface area contributed by atoms with E-state index in [9.17, 15) is 4.39 Å². The molecule has 1 aromatic heterocycles. The second-order valence-corrected chi connectivity index (χ2v) is 4.10. The van der Waals surface area contributed by atoms with E-state index in [2.05, 4.69) is 22.2 Å². The fraction of sp³-hybridized carbons (Fsp3) is 0.308. The van der Waals surface area contributed by atoms with E-state index in [0.717, 1.165) is 17.8 Å². The van der Waals surface area contributed by atoms with Crippen LogP contribution in [-0.2, 0) is 6.54 Å². The molecule has 0 bridgehead atoms. The largest absolute Gasteiger partial charge is 0.505 e. The number of hydrogen-bond acceptors (Lipinski definition) is 3. The number of nitrogens with one attached hydrogen (secondary N) is 2. The van der Waals surface area contributed by atoms with Gasteiger partial charge in [-0.3, -0.25) is 0 Å². The molecule has 0 fully saturated rings. The monoisotopic (exact) mass is 249 g/mol. The van der Waals surface area contributed by atoms with Crippen LogP contribution >= 0.6 is 0 Å². The van der Waals surface area contributed by atoms with Crippen LogP contribution in [0.15, 0.2) is 30.6 Å². The number of rotatable bonds is 5. The SMILES string of the molecule is CCC(NCc1ccc(O)c(F)c1)c1ncc[nH]1. The van der Waals surface area contributed by atoms with Crippen molar-refractivity contribution in [2.45, 2.75) is 25.9 Å². The summed E-state index contributed by atoms with van der Waals surface area (Å²) in [5.74, 6) is -0.0473. The third-order valence-corrected chi connectivity index (χ3v) is 2.82. The van der Waals surface area contributed by atoms with Crippen LogP contribution in [0.25, 0.3) is 0 Å². The molecule has 18 heavy (non-hydrogen) atoms. The van der Waals surface area contributed by atoms with Crippen molar-refractivity contribution in [3.05, 3.63) is 47.8 Å². The quantitative estimate of drug-likeness (QED) is 0.763. The van der Waals surface area contributed by atoms with Crippen LogP contribution in [0.2, 0.25) is 0 Å². The zero-order valence-corrected chi connectivity index (χ0v) is 10.2. The Kier molecular flexibility index (Phi) is 3.94. The third kappa shape index (κ3) is 2.87. The first kappa shape index (κ1) is 12.6. The predicted octanol–water partition coefficient (Wildman–Crippen LogP) is 2.50. The first-order valence-electron chi connectivity index (χ1n) is 5.90. The zero-order valence-electron chi connectivity index (χ0n) is 10.2. The number of hydrogen-bond donors (Lipinski definition) is 3. The second kappa shape index (κ2) is 5.64. The van der Waals surface area contributed by atoms with Crippen LogP contribution in [-0.4, -0.2) is 15.1 Å². The molecule has 5 heteroatoms. The number of H-pyrrole nitrogens is 1. The van der Waals surface area contributed by atoms with Crippen molar-refractivity contribution in [3.63, 3.8) is 0 Å². The lowest BCUT2D eigenvalue weighted by Crippen LogP contribution is -2.21. The van der Waals surface area contributed by atoms with E-state index in [0.29, 0.717) is 6.54 Å². The van der Waals surface area contributed by atoms with E-state index < -0.39 is 5.82 Å². The molecule has 1 atom stereocenters. The van der Waals surface area contributed by atoms with E-state index >= 15 is 0 Å². The molecule has 0 aliphatic carbocycles. The Morgan fingerprint density at radius 1 is 1.50 bits per heavy atom. The third-order valence-electron chi connectivity index (χ3n) is 2.82. The Morgan fingerprint density at radius 2 is 2.33 bits per heavy atom. The molecule has 0 aliphatic heterocycles. The van der Waals surface area contributed by atoms with Crippen LogP contribution in [0.1, 0.15) is 30.8 Å². The van der Waals surface area contributed by atoms with E-state index in [1.54, 1.807) is 18.5 Å². The van der Waals surface area contributed by atoms with Gasteiger partial charge < -0.3 is 15.4 Å². The molecule has 4 nitrogen and oxygen atoms in total. The van der Waals surface area contributed by atoms with Crippen LogP contribution in [0.5, 0.6) is 5.75 Å². The van der Waals surface area contributed by atoms with Gasteiger partial charge in [0.2, 0.25) is 0 Å². The average Bonchev–Trinajstić information content (AvgIpc) is 2.88. The Labute approximate surface area is 105 Å². The van der Waals surface area contributed by atoms with E-state index in [4.69, 9.17) is 5.11 Å². The second-order valence-electron chi connectivity index (χ2n) is 4.10. The molecule has 1 heterocycles. The molecule has 0 amide bonds. The molecule has 1 aromatic carbocycles. The molecule has 0 saturated heterocycles. The molecular formula is C13H16FN3O. The predicted molar refractivity (Wildman–Crippen MR) is 66.5 cm³/mol. The average molecular weight is 249 g/mol. The van der Waals surface area contributed by atoms with Gasteiger partial charge in [0.1, 0.15) is 5.82 Å². The van der Waals surface area contributed by atoms with Crippen molar-refractivity contribution in [1.82, 2.24) is 15.3 Å². The van der Waals surface area contributed by atoms with Crippen molar-refractivity contribution in [2.24, 2.45) is 0 Å². The molecule has 3 N–H and O–H groups in total. The lowest BCUT2D eigenvalue weighted by Gasteiger charge is -2.14. The van der Waals surface area contributed by atoms with Gasteiger partial charge in [-0.15, -0.1) is 0 Å². The van der Waals surface area contributed by atoms with Crippen molar-refractivity contribution in [2.75, 3.05) is 0 Å². The number of aromatic amines is 1. The number of imidazole rings is 1. The van der Waals surface area contributed by atoms with Gasteiger partial charge in [-0.25, -0.2) is 9.37 Å². The number of halogens is 1. The summed E-state index contributed by atoms with van der Waals surface area (Å²) in [6.45, 7) is 2.58. The van der Waals surface area contributed by atoms with Crippen molar-refractivity contribution >= 4 is 0 Å². The number of aromatic nitrogens is 2. The highest BCUT2D eigenvalue weighted by Crippen LogP contribution is 2.17. The minimum Gasteiger partial charge on any atom is -0.505 e. The lowest BCUT2D eigenvalue weighted by molar-refractivity contribution is 0.430. The van der Waals surface area contributed by atoms with E-state index in [-0.39, 0.29) is 11.8 Å². The highest BCUT2D eigenvalue weighted by atomic mass is 19.1. The molecule has 0 saturated carbocycles. The molecule has 0 spiro atoms. The van der Waals surface area contributed by atoms with Crippen LogP contribution in [0.3, 0.4) is 0 Å². The van der Waals surface area contributed by atoms with Gasteiger partial charge in [-0.2, -0.15) is 0 Å². The summed E-state index contributed by atoms with van der Waals surface area (Å²) in [6.07, 6.45) is 4.37. The molecule has 2 aromatic rings. The number of aromatic hydroxyl groups is 1. The normalized spacial score (nSPS) is 12.6. The maximum atomic E-state index is 13.2. The summed E-state index contributed by atoms with van der Waals surface area (Å²) >= 11 is 0. The zero-order chi connectivity index (χ0) is 13.0. The number of nitrogens with zero attached hydrogens (tertiary/aromatic N) is 1. The van der Waals surface area contributed by atoms with Crippen molar-refractivity contribution in [1.29, 1.82) is 0 Å². The summed E-state index contributed by atoms with van der Waals surface area (Å²) in [6, 6.07) is 4.49. The fourth-order valence-corrected chi connectivity index (χ4v) is 1.80. The highest BCUT2D eigenvalue weighted by molar-refractivity contribution is 5.27. The van der Waals surface area contributed by atoms with E-state index in [1.807, 2.05) is 0 Å². The maximum Gasteiger partial charge on any atom is 0.165 e. The van der Waals surface area contributed by atoms with Gasteiger partial charge in [-0.05, 0) is 24.1 Å². The van der Waals surface area contributed by atoms with Crippen molar-refractivity contribution in [3.8, 4) is 5.75 Å². The minimum absolute atomic E-state index is 0.108. The summed E-state index contributed by atoms with van der Waals surface area (Å²) in [5.41, 5.74) is 0.787. The van der Waals surface area contributed by atoms with Gasteiger partial charge >= 0.3 is 0 Å². The number of phenolic OH excluding ortho intramolecular Hbond substituents is 1. The Balaban J connectivity index is 1.99. The Hall–Kier alpha value is -1.88. The minimum atomic E-state index is -0.597. The summed E-state index contributed by atoms with van der Waals surface area (Å²) in [7, 11) is 0. The van der Waals surface area contributed by atoms with Crippen LogP contribution < -0.4 is 5.32 Å². The summed E-state index contributed by atoms with van der Waals surface area (Å²) < 4.78 is 13.2. The van der Waals surface area contributed by atoms with Gasteiger partial charge in [0, 0.05) is 18.9 Å². The lowest BCUT2D eigenvalue weighted by atomic mass is 10.1. The van der Waals surface area contributed by atoms with Gasteiger partial charge in [0.15, 0.2) is 11.6 Å². The van der Waals surface area contributed by atoms with Crippen molar-refractivity contribution < 1.29 is 9.50 Å². The molecular weight excluding hydrogens is 233 g/mol. The highest BCUT2D eigenvalue weighted by Gasteiger charge is 2.11. The number of phenols is 1. The molecule has 2 rings (SSSR count). The summed E-state index contributed by atoms with van der Waals surface area (Å²) in [4.78, 5) is 7.26. The first-order chi connectivity index (χ1) is 8.70. The van der Waals surface area contributed by atoms with Gasteiger partial charge in [-0.1, -0.05) is 13.0 Å². The summed E-state index contributed by atoms with van der Waals surface area (Å²) in [5, 5.41) is 12.4. The Morgan fingerprint density at radius 3 is 2.94 bits per heavy atom. The smallest absolute Gasteiger partial charge is 0.165 e. The fourth-order valence-electron chi connectivity index (χ4n) is 1.80. The van der Waals surface area contributed by atoms with E-state index in [1.165, 1.54) is 12.1 Å². The molecule has 0 aliphatic rings. The maximum absolute atomic E-state index is 13.2. The number of benzene rings is 1. The topological polar surface area (TPSA) is 60.9 Å². The molecule has 0 radical (unpaired) electrons. The standard InChI is InChI=1S/C13H16FN3O/c1-2-11(13-15-5-6-16-13)17-8-9-3-4-12(18)10(14)7-9/h3-7,11,17-18H,2,8H2,1H3,(H,15,16).